The van der Waals surface area contributed by atoms with Gasteiger partial charge in [0, 0.05) is 5.92 Å². The molecule has 0 N–H and O–H groups in total. The number of halogens is 2. The molecule has 1 aliphatic carbocycles. The lowest BCUT2D eigenvalue weighted by Crippen LogP contribution is -2.27. The summed E-state index contributed by atoms with van der Waals surface area (Å²) < 4.78 is 25.8. The predicted octanol–water partition coefficient (Wildman–Crippen LogP) is 3.39. The molecule has 0 atom stereocenters. The predicted molar refractivity (Wildman–Crippen MR) is 41.7 cm³/mol. The third-order valence-corrected chi connectivity index (χ3v) is 2.42. The van der Waals surface area contributed by atoms with Gasteiger partial charge in [-0.15, -0.1) is 0 Å². The summed E-state index contributed by atoms with van der Waals surface area (Å²) in [6, 6.07) is 0. The van der Waals surface area contributed by atoms with Crippen molar-refractivity contribution in [3.63, 3.8) is 0 Å². The van der Waals surface area contributed by atoms with E-state index in [1.165, 1.54) is 0 Å². The van der Waals surface area contributed by atoms with Gasteiger partial charge in [0.25, 0.3) is 5.92 Å². The van der Waals surface area contributed by atoms with E-state index in [1.807, 2.05) is 0 Å². The lowest BCUT2D eigenvalue weighted by atomic mass is 9.85. The van der Waals surface area contributed by atoms with Crippen molar-refractivity contribution in [1.29, 1.82) is 0 Å². The Morgan fingerprint density at radius 1 is 1.18 bits per heavy atom. The highest BCUT2D eigenvalue weighted by Crippen LogP contribution is 2.36. The number of rotatable bonds is 2. The van der Waals surface area contributed by atoms with Crippen LogP contribution in [-0.4, -0.2) is 5.92 Å². The minimum atomic E-state index is -2.62. The molecule has 0 heterocycles. The van der Waals surface area contributed by atoms with Crippen LogP contribution in [0.1, 0.15) is 32.1 Å². The van der Waals surface area contributed by atoms with Crippen molar-refractivity contribution in [1.82, 2.24) is 0 Å². The average Bonchev–Trinajstić information content (AvgIpc) is 2.06. The van der Waals surface area contributed by atoms with E-state index < -0.39 is 11.8 Å². The zero-order chi connectivity index (χ0) is 8.32. The molecule has 1 aliphatic rings. The molecule has 0 bridgehead atoms. The second kappa shape index (κ2) is 3.33. The smallest absolute Gasteiger partial charge is 0.202 e. The van der Waals surface area contributed by atoms with Gasteiger partial charge in [0.2, 0.25) is 0 Å². The lowest BCUT2D eigenvalue weighted by Gasteiger charge is -2.27. The molecule has 0 radical (unpaired) electrons. The minimum absolute atomic E-state index is 0.436. The van der Waals surface area contributed by atoms with Crippen LogP contribution in [0, 0.1) is 5.92 Å². The second-order valence-electron chi connectivity index (χ2n) is 3.21. The molecule has 2 heteroatoms. The number of hydrogen-bond acceptors (Lipinski definition) is 0. The third-order valence-electron chi connectivity index (χ3n) is 2.42. The summed E-state index contributed by atoms with van der Waals surface area (Å²) in [5.74, 6) is -3.06. The molecule has 0 unspecified atom stereocenters. The number of hydrogen-bond donors (Lipinski definition) is 0. The second-order valence-corrected chi connectivity index (χ2v) is 3.21. The fourth-order valence-electron chi connectivity index (χ4n) is 1.65. The Morgan fingerprint density at radius 3 is 2.18 bits per heavy atom. The lowest BCUT2D eigenvalue weighted by molar-refractivity contribution is -0.0239. The van der Waals surface area contributed by atoms with Crippen molar-refractivity contribution in [3.05, 3.63) is 12.7 Å². The Kier molecular flexibility index (Phi) is 2.63. The van der Waals surface area contributed by atoms with Crippen molar-refractivity contribution in [2.75, 3.05) is 0 Å². The molecule has 0 aromatic rings. The van der Waals surface area contributed by atoms with E-state index in [9.17, 15) is 8.78 Å². The molecule has 0 aliphatic heterocycles. The first-order chi connectivity index (χ1) is 5.17. The Morgan fingerprint density at radius 2 is 1.73 bits per heavy atom. The molecule has 0 amide bonds. The first-order valence-corrected chi connectivity index (χ1v) is 4.18. The maximum Gasteiger partial charge on any atom is 0.268 e. The normalized spacial score (nSPS) is 21.6. The number of allylic oxidation sites excluding steroid dienone is 1. The monoisotopic (exact) mass is 160 g/mol. The van der Waals surface area contributed by atoms with Crippen LogP contribution < -0.4 is 0 Å². The fraction of sp³-hybridized carbons (Fsp3) is 0.778. The van der Waals surface area contributed by atoms with Gasteiger partial charge in [-0.2, -0.15) is 0 Å². The molecular formula is C9H14F2. The summed E-state index contributed by atoms with van der Waals surface area (Å²) in [4.78, 5) is 0. The topological polar surface area (TPSA) is 0 Å². The van der Waals surface area contributed by atoms with Crippen LogP contribution in [0.15, 0.2) is 12.7 Å². The largest absolute Gasteiger partial charge is 0.268 e. The van der Waals surface area contributed by atoms with Crippen molar-refractivity contribution in [2.24, 2.45) is 5.92 Å². The van der Waals surface area contributed by atoms with Gasteiger partial charge in [0.15, 0.2) is 0 Å². The Bertz CT molecular complexity index is 134. The molecule has 1 rings (SSSR count). The highest BCUT2D eigenvalue weighted by Gasteiger charge is 2.36. The van der Waals surface area contributed by atoms with Crippen LogP contribution in [0.2, 0.25) is 0 Å². The summed E-state index contributed by atoms with van der Waals surface area (Å²) in [7, 11) is 0. The maximum absolute atomic E-state index is 12.9. The van der Waals surface area contributed by atoms with Crippen LogP contribution in [0.5, 0.6) is 0 Å². The van der Waals surface area contributed by atoms with Gasteiger partial charge >= 0.3 is 0 Å². The van der Waals surface area contributed by atoms with Gasteiger partial charge in [0.1, 0.15) is 0 Å². The Hall–Kier alpha value is -0.400. The molecule has 0 aromatic carbocycles. The summed E-state index contributed by atoms with van der Waals surface area (Å²) in [6.45, 7) is 3.16. The summed E-state index contributed by atoms with van der Waals surface area (Å²) in [6.07, 6.45) is 5.15. The Labute approximate surface area is 66.3 Å². The van der Waals surface area contributed by atoms with Crippen LogP contribution >= 0.6 is 0 Å². The highest BCUT2D eigenvalue weighted by atomic mass is 19.3. The molecule has 1 saturated carbocycles. The first kappa shape index (κ1) is 8.69. The van der Waals surface area contributed by atoms with E-state index in [0.29, 0.717) is 12.8 Å². The molecule has 0 aromatic heterocycles. The Balaban J connectivity index is 2.50. The van der Waals surface area contributed by atoms with E-state index in [2.05, 4.69) is 6.58 Å². The maximum atomic E-state index is 12.9. The SMILES string of the molecule is C=CC(F)(F)C1CCCCC1. The van der Waals surface area contributed by atoms with Crippen molar-refractivity contribution in [3.8, 4) is 0 Å². The summed E-state index contributed by atoms with van der Waals surface area (Å²) >= 11 is 0. The summed E-state index contributed by atoms with van der Waals surface area (Å²) in [5, 5.41) is 0. The third kappa shape index (κ3) is 2.01. The quantitative estimate of drug-likeness (QED) is 0.543. The average molecular weight is 160 g/mol. The van der Waals surface area contributed by atoms with Gasteiger partial charge in [-0.1, -0.05) is 25.8 Å². The van der Waals surface area contributed by atoms with Crippen LogP contribution in [0.4, 0.5) is 8.78 Å². The molecule has 64 valence electrons. The van der Waals surface area contributed by atoms with E-state index in [0.717, 1.165) is 25.3 Å². The molecular weight excluding hydrogens is 146 g/mol. The van der Waals surface area contributed by atoms with Crippen LogP contribution in [0.25, 0.3) is 0 Å². The zero-order valence-electron chi connectivity index (χ0n) is 6.65. The van der Waals surface area contributed by atoms with Crippen molar-refractivity contribution in [2.45, 2.75) is 38.0 Å². The zero-order valence-corrected chi connectivity index (χ0v) is 6.65. The van der Waals surface area contributed by atoms with Crippen LogP contribution in [0.3, 0.4) is 0 Å². The van der Waals surface area contributed by atoms with E-state index in [1.54, 1.807) is 0 Å². The van der Waals surface area contributed by atoms with Gasteiger partial charge in [0.05, 0.1) is 0 Å². The van der Waals surface area contributed by atoms with Gasteiger partial charge in [-0.3, -0.25) is 0 Å². The van der Waals surface area contributed by atoms with E-state index in [-0.39, 0.29) is 0 Å². The van der Waals surface area contributed by atoms with Gasteiger partial charge < -0.3 is 0 Å². The molecule has 0 saturated heterocycles. The fourth-order valence-corrected chi connectivity index (χ4v) is 1.65. The molecule has 0 spiro atoms. The standard InChI is InChI=1S/C9H14F2/c1-2-9(10,11)8-6-4-3-5-7-8/h2,8H,1,3-7H2. The van der Waals surface area contributed by atoms with Crippen molar-refractivity contribution >= 4 is 0 Å². The summed E-state index contributed by atoms with van der Waals surface area (Å²) in [5.41, 5.74) is 0. The molecule has 1 fully saturated rings. The molecule has 11 heavy (non-hydrogen) atoms. The van der Waals surface area contributed by atoms with Crippen LogP contribution in [-0.2, 0) is 0 Å². The van der Waals surface area contributed by atoms with E-state index in [4.69, 9.17) is 0 Å². The molecule has 0 nitrogen and oxygen atoms in total. The minimum Gasteiger partial charge on any atom is -0.202 e. The number of alkyl halides is 2. The van der Waals surface area contributed by atoms with E-state index >= 15 is 0 Å². The van der Waals surface area contributed by atoms with Crippen molar-refractivity contribution < 1.29 is 8.78 Å². The first-order valence-electron chi connectivity index (χ1n) is 4.18. The van der Waals surface area contributed by atoms with Gasteiger partial charge in [-0.25, -0.2) is 8.78 Å². The highest BCUT2D eigenvalue weighted by molar-refractivity contribution is 4.93. The van der Waals surface area contributed by atoms with Gasteiger partial charge in [-0.05, 0) is 18.9 Å².